The van der Waals surface area contributed by atoms with Crippen LogP contribution in [0.25, 0.3) is 0 Å². The lowest BCUT2D eigenvalue weighted by atomic mass is 9.84. The minimum absolute atomic E-state index is 0.394. The Morgan fingerprint density at radius 3 is 2.23 bits per heavy atom. The Kier molecular flexibility index (Phi) is 9.87. The lowest BCUT2D eigenvalue weighted by Gasteiger charge is -2.32. The molecule has 0 bridgehead atoms. The van der Waals surface area contributed by atoms with E-state index in [1.54, 1.807) is 5.57 Å². The molecule has 1 aromatic carbocycles. The van der Waals surface area contributed by atoms with E-state index < -0.39 is 0 Å². The van der Waals surface area contributed by atoms with Crippen LogP contribution in [0.2, 0.25) is 6.82 Å². The Balaban J connectivity index is 3.47. The van der Waals surface area contributed by atoms with E-state index in [0.717, 1.165) is 12.8 Å². The van der Waals surface area contributed by atoms with Crippen molar-refractivity contribution >= 4 is 13.1 Å². The molecule has 0 saturated heterocycles. The van der Waals surface area contributed by atoms with Gasteiger partial charge >= 0.3 is 0 Å². The van der Waals surface area contributed by atoms with Crippen molar-refractivity contribution in [2.45, 2.75) is 61.2 Å². The molecule has 0 N–H and O–H groups in total. The van der Waals surface area contributed by atoms with Crippen LogP contribution >= 0.6 is 0 Å². The van der Waals surface area contributed by atoms with Crippen LogP contribution in [-0.2, 0) is 0 Å². The van der Waals surface area contributed by atoms with Crippen LogP contribution in [0.5, 0.6) is 0 Å². The Labute approximate surface area is 162 Å². The number of rotatable bonds is 7. The molecule has 26 heavy (non-hydrogen) atoms. The van der Waals surface area contributed by atoms with Gasteiger partial charge < -0.3 is 4.81 Å². The molecule has 0 saturated carbocycles. The third-order valence-electron chi connectivity index (χ3n) is 4.98. The van der Waals surface area contributed by atoms with Crippen LogP contribution in [0.3, 0.4) is 0 Å². The average molecular weight is 348 g/mol. The van der Waals surface area contributed by atoms with Crippen LogP contribution in [0.15, 0.2) is 71.5 Å². The zero-order valence-corrected chi connectivity index (χ0v) is 17.7. The lowest BCUT2D eigenvalue weighted by molar-refractivity contribution is 0.725. The SMILES string of the molecule is C[B]N(/C(=C/C)C(C)/C(CC)=C(\C)CC)c1cccccccc(C)c1. The molecule has 1 unspecified atom stereocenters. The highest BCUT2D eigenvalue weighted by Crippen LogP contribution is 2.31. The van der Waals surface area contributed by atoms with Gasteiger partial charge in [-0.25, -0.2) is 0 Å². The first-order valence-corrected chi connectivity index (χ1v) is 9.83. The van der Waals surface area contributed by atoms with E-state index in [0.29, 0.717) is 5.92 Å². The van der Waals surface area contributed by atoms with E-state index in [-0.39, 0.29) is 0 Å². The largest absolute Gasteiger partial charge is 0.394 e. The number of anilines is 1. The molecular weight excluding hydrogens is 313 g/mol. The fraction of sp³-hybridized carbons (Fsp3) is 0.417. The summed E-state index contributed by atoms with van der Waals surface area (Å²) in [4.78, 5) is 2.33. The summed E-state index contributed by atoms with van der Waals surface area (Å²) in [7, 11) is 2.18. The van der Waals surface area contributed by atoms with Gasteiger partial charge in [0.25, 0.3) is 0 Å². The smallest absolute Gasteiger partial charge is 0.249 e. The van der Waals surface area contributed by atoms with Crippen molar-refractivity contribution in [3.05, 3.63) is 77.0 Å². The van der Waals surface area contributed by atoms with E-state index in [1.807, 2.05) is 0 Å². The molecule has 1 rings (SSSR count). The monoisotopic (exact) mass is 348 g/mol. The van der Waals surface area contributed by atoms with E-state index >= 15 is 0 Å². The van der Waals surface area contributed by atoms with Gasteiger partial charge in [0.15, 0.2) is 0 Å². The number of nitrogens with zero attached hydrogens (tertiary/aromatic N) is 1. The van der Waals surface area contributed by atoms with Crippen molar-refractivity contribution in [2.24, 2.45) is 5.92 Å². The first-order valence-electron chi connectivity index (χ1n) is 9.83. The van der Waals surface area contributed by atoms with Crippen molar-refractivity contribution in [2.75, 3.05) is 4.81 Å². The van der Waals surface area contributed by atoms with E-state index in [9.17, 15) is 0 Å². The number of hydrogen-bond donors (Lipinski definition) is 0. The van der Waals surface area contributed by atoms with Crippen molar-refractivity contribution in [3.8, 4) is 0 Å². The second-order valence-electron chi connectivity index (χ2n) is 6.68. The summed E-state index contributed by atoms with van der Waals surface area (Å²) in [6.45, 7) is 15.5. The molecule has 0 spiro atoms. The van der Waals surface area contributed by atoms with E-state index in [2.05, 4.69) is 115 Å². The van der Waals surface area contributed by atoms with Gasteiger partial charge in [-0.05, 0) is 51.3 Å². The van der Waals surface area contributed by atoms with E-state index in [1.165, 1.54) is 22.5 Å². The summed E-state index contributed by atoms with van der Waals surface area (Å²) < 4.78 is 0. The molecule has 1 radical (unpaired) electrons. The fourth-order valence-electron chi connectivity index (χ4n) is 3.46. The molecule has 1 atom stereocenters. The first-order chi connectivity index (χ1) is 12.5. The number of hydrogen-bond acceptors (Lipinski definition) is 1. The fourth-order valence-corrected chi connectivity index (χ4v) is 3.46. The molecule has 0 aliphatic rings. The Morgan fingerprint density at radius 1 is 1.08 bits per heavy atom. The van der Waals surface area contributed by atoms with Crippen LogP contribution in [0.1, 0.15) is 53.0 Å². The van der Waals surface area contributed by atoms with Crippen molar-refractivity contribution in [1.82, 2.24) is 0 Å². The van der Waals surface area contributed by atoms with Crippen LogP contribution in [0.4, 0.5) is 5.69 Å². The maximum Gasteiger partial charge on any atom is 0.249 e. The Hall–Kier alpha value is -1.96. The highest BCUT2D eigenvalue weighted by atomic mass is 15.1. The summed E-state index contributed by atoms with van der Waals surface area (Å²) in [6, 6.07) is 17.0. The van der Waals surface area contributed by atoms with Gasteiger partial charge in [0, 0.05) is 17.3 Å². The molecule has 2 heteroatoms. The number of allylic oxidation sites excluding steroid dienone is 3. The molecule has 1 aromatic rings. The van der Waals surface area contributed by atoms with Gasteiger partial charge in [-0.2, -0.15) is 0 Å². The van der Waals surface area contributed by atoms with Crippen LogP contribution in [-0.4, -0.2) is 7.41 Å². The second kappa shape index (κ2) is 11.6. The first kappa shape index (κ1) is 22.1. The normalized spacial score (nSPS) is 13.4. The summed E-state index contributed by atoms with van der Waals surface area (Å²) in [6.07, 6.45) is 4.46. The van der Waals surface area contributed by atoms with Gasteiger partial charge in [0.2, 0.25) is 7.41 Å². The molecule has 0 fully saturated rings. The molecule has 139 valence electrons. The molecule has 0 aliphatic heterocycles. The molecule has 1 nitrogen and oxygen atoms in total. The number of aryl methyl sites for hydroxylation is 1. The third-order valence-corrected chi connectivity index (χ3v) is 4.98. The highest BCUT2D eigenvalue weighted by molar-refractivity contribution is 6.41. The maximum atomic E-state index is 2.33. The van der Waals surface area contributed by atoms with Gasteiger partial charge in [-0.3, -0.25) is 0 Å². The standard InChI is InChI=1S/C24H35BN/c1-8-20(5)23(9-2)21(6)24(10-3)26(25-7)22-17-15-13-11-12-14-16-19(4)18-22/h10-18,21H,8-9H2,1-7H3/b12-11?,13-11?,14-12?,15-13?,16-14?,17-15?,19-16?,19-18?,22-17?,22-18?,23-20+,24-10+. The summed E-state index contributed by atoms with van der Waals surface area (Å²) in [5.74, 6) is 0.394. The van der Waals surface area contributed by atoms with Crippen molar-refractivity contribution < 1.29 is 0 Å². The average Bonchev–Trinajstić information content (AvgIpc) is 2.64. The Bertz CT molecular complexity index is 686. The quantitative estimate of drug-likeness (QED) is 0.370. The topological polar surface area (TPSA) is 3.24 Å². The minimum Gasteiger partial charge on any atom is -0.394 e. The Morgan fingerprint density at radius 2 is 1.69 bits per heavy atom. The highest BCUT2D eigenvalue weighted by Gasteiger charge is 2.19. The molecule has 0 amide bonds. The van der Waals surface area contributed by atoms with Gasteiger partial charge in [-0.15, -0.1) is 0 Å². The predicted octanol–water partition coefficient (Wildman–Crippen LogP) is 7.27. The summed E-state index contributed by atoms with van der Waals surface area (Å²) >= 11 is 0. The molecule has 0 aromatic heterocycles. The molecule has 0 aliphatic carbocycles. The molecular formula is C24H35BN. The molecule has 0 heterocycles. The minimum atomic E-state index is 0.394. The van der Waals surface area contributed by atoms with Crippen molar-refractivity contribution in [1.29, 1.82) is 0 Å². The third kappa shape index (κ3) is 6.09. The van der Waals surface area contributed by atoms with Crippen molar-refractivity contribution in [3.63, 3.8) is 0 Å². The van der Waals surface area contributed by atoms with Gasteiger partial charge in [-0.1, -0.05) is 81.2 Å². The van der Waals surface area contributed by atoms with Crippen LogP contribution in [0, 0.1) is 12.8 Å². The van der Waals surface area contributed by atoms with Crippen LogP contribution < -0.4 is 4.81 Å². The van der Waals surface area contributed by atoms with Gasteiger partial charge in [0.1, 0.15) is 0 Å². The van der Waals surface area contributed by atoms with Gasteiger partial charge in [0.05, 0.1) is 0 Å². The summed E-state index contributed by atoms with van der Waals surface area (Å²) in [5, 5.41) is 0. The zero-order chi connectivity index (χ0) is 19.5. The maximum absolute atomic E-state index is 2.33. The second-order valence-corrected chi connectivity index (χ2v) is 6.68. The van der Waals surface area contributed by atoms with E-state index in [4.69, 9.17) is 0 Å². The predicted molar refractivity (Wildman–Crippen MR) is 119 cm³/mol. The zero-order valence-electron chi connectivity index (χ0n) is 17.7. The summed E-state index contributed by atoms with van der Waals surface area (Å²) in [5.41, 5.74) is 6.81. The lowest BCUT2D eigenvalue weighted by Crippen LogP contribution is -2.29.